The molecule has 0 aromatic rings. The average molecular weight is 225 g/mol. The summed E-state index contributed by atoms with van der Waals surface area (Å²) in [5, 5.41) is 0. The lowest BCUT2D eigenvalue weighted by molar-refractivity contribution is -0.186. The molecule has 0 bridgehead atoms. The number of likely N-dealkylation sites (tertiary alicyclic amines) is 1. The minimum atomic E-state index is -4.71. The normalized spacial score (nSPS) is 18.1. The maximum absolute atomic E-state index is 11.9. The van der Waals surface area contributed by atoms with E-state index in [1.807, 2.05) is 20.8 Å². The molecule has 0 unspecified atom stereocenters. The number of carbonyl (C=O) groups excluding carboxylic acids is 1. The zero-order valence-corrected chi connectivity index (χ0v) is 9.40. The Labute approximate surface area is 88.4 Å². The van der Waals surface area contributed by atoms with Crippen molar-refractivity contribution in [3.8, 4) is 0 Å². The van der Waals surface area contributed by atoms with Gasteiger partial charge in [-0.05, 0) is 18.8 Å². The van der Waals surface area contributed by atoms with Crippen LogP contribution in [0.3, 0.4) is 0 Å². The molecule has 0 radical (unpaired) electrons. The first-order chi connectivity index (χ1) is 6.91. The lowest BCUT2D eigenvalue weighted by atomic mass is 9.99. The second-order valence-corrected chi connectivity index (χ2v) is 3.47. The molecule has 0 atom stereocenters. The molecule has 1 rings (SSSR count). The maximum atomic E-state index is 11.9. The summed E-state index contributed by atoms with van der Waals surface area (Å²) in [6.45, 7) is 6.45. The van der Waals surface area contributed by atoms with Crippen LogP contribution < -0.4 is 0 Å². The van der Waals surface area contributed by atoms with Gasteiger partial charge in [0, 0.05) is 13.1 Å². The molecule has 0 aliphatic carbocycles. The molecule has 2 nitrogen and oxygen atoms in total. The Balaban J connectivity index is 0.000000921. The Morgan fingerprint density at radius 2 is 1.60 bits per heavy atom. The summed E-state index contributed by atoms with van der Waals surface area (Å²) < 4.78 is 35.8. The summed E-state index contributed by atoms with van der Waals surface area (Å²) in [6, 6.07) is 0. The quantitative estimate of drug-likeness (QED) is 0.620. The van der Waals surface area contributed by atoms with Crippen LogP contribution in [0.1, 0.15) is 33.6 Å². The highest BCUT2D eigenvalue weighted by atomic mass is 19.4. The number of nitrogens with zero attached hydrogens (tertiary/aromatic N) is 1. The van der Waals surface area contributed by atoms with Crippen LogP contribution in [0.15, 0.2) is 0 Å². The van der Waals surface area contributed by atoms with E-state index >= 15 is 0 Å². The number of alkyl halides is 3. The highest BCUT2D eigenvalue weighted by molar-refractivity contribution is 5.81. The van der Waals surface area contributed by atoms with Gasteiger partial charge in [-0.1, -0.05) is 20.8 Å². The van der Waals surface area contributed by atoms with E-state index in [2.05, 4.69) is 0 Å². The summed E-state index contributed by atoms with van der Waals surface area (Å²) in [6.07, 6.45) is -3.37. The van der Waals surface area contributed by atoms with Crippen molar-refractivity contribution < 1.29 is 18.0 Å². The van der Waals surface area contributed by atoms with Crippen LogP contribution in [0.4, 0.5) is 13.2 Å². The van der Waals surface area contributed by atoms with E-state index < -0.39 is 12.1 Å². The molecular weight excluding hydrogens is 207 g/mol. The molecule has 0 aromatic carbocycles. The van der Waals surface area contributed by atoms with Crippen LogP contribution >= 0.6 is 0 Å². The van der Waals surface area contributed by atoms with Crippen molar-refractivity contribution >= 4 is 5.91 Å². The number of carbonyl (C=O) groups is 1. The number of amides is 1. The molecule has 0 N–H and O–H groups in total. The van der Waals surface area contributed by atoms with Gasteiger partial charge in [0.2, 0.25) is 0 Å². The predicted molar refractivity (Wildman–Crippen MR) is 52.4 cm³/mol. The molecule has 5 heteroatoms. The van der Waals surface area contributed by atoms with Crippen LogP contribution in [0.25, 0.3) is 0 Å². The van der Waals surface area contributed by atoms with Crippen molar-refractivity contribution in [1.82, 2.24) is 4.90 Å². The van der Waals surface area contributed by atoms with Crippen LogP contribution in [0.5, 0.6) is 0 Å². The van der Waals surface area contributed by atoms with Crippen molar-refractivity contribution in [2.24, 2.45) is 5.92 Å². The first kappa shape index (κ1) is 14.3. The molecule has 1 aliphatic rings. The van der Waals surface area contributed by atoms with Crippen LogP contribution in [-0.4, -0.2) is 30.1 Å². The number of hydrogen-bond donors (Lipinski definition) is 0. The second kappa shape index (κ2) is 5.98. The molecule has 1 saturated heterocycles. The third-order valence-corrected chi connectivity index (χ3v) is 2.31. The molecule has 1 amide bonds. The standard InChI is InChI=1S/C8H12F3NO.C2H6/c1-6-2-4-12(5-3-6)7(13)8(9,10)11;1-2/h6H,2-5H2,1H3;1-2H3. The second-order valence-electron chi connectivity index (χ2n) is 3.47. The molecule has 0 aromatic heterocycles. The lowest BCUT2D eigenvalue weighted by Crippen LogP contribution is -2.45. The minimum absolute atomic E-state index is 0.236. The smallest absolute Gasteiger partial charge is 0.335 e. The SMILES string of the molecule is CC.CC1CCN(C(=O)C(F)(F)F)CC1. The van der Waals surface area contributed by atoms with Gasteiger partial charge in [-0.25, -0.2) is 0 Å². The van der Waals surface area contributed by atoms with Gasteiger partial charge >= 0.3 is 12.1 Å². The number of halogens is 3. The highest BCUT2D eigenvalue weighted by Gasteiger charge is 2.42. The van der Waals surface area contributed by atoms with Crippen LogP contribution in [-0.2, 0) is 4.79 Å². The molecule has 1 heterocycles. The monoisotopic (exact) mass is 225 g/mol. The van der Waals surface area contributed by atoms with Gasteiger partial charge in [-0.3, -0.25) is 4.79 Å². The first-order valence-electron chi connectivity index (χ1n) is 5.27. The van der Waals surface area contributed by atoms with Gasteiger partial charge < -0.3 is 4.90 Å². The fraction of sp³-hybridized carbons (Fsp3) is 0.900. The van der Waals surface area contributed by atoms with E-state index in [1.165, 1.54) is 0 Å². The minimum Gasteiger partial charge on any atom is -0.335 e. The van der Waals surface area contributed by atoms with E-state index in [0.717, 1.165) is 4.90 Å². The van der Waals surface area contributed by atoms with Crippen molar-refractivity contribution in [1.29, 1.82) is 0 Å². The van der Waals surface area contributed by atoms with Gasteiger partial charge in [-0.2, -0.15) is 13.2 Å². The third-order valence-electron chi connectivity index (χ3n) is 2.31. The van der Waals surface area contributed by atoms with Crippen molar-refractivity contribution in [3.05, 3.63) is 0 Å². The Morgan fingerprint density at radius 3 is 1.93 bits per heavy atom. The van der Waals surface area contributed by atoms with Crippen molar-refractivity contribution in [3.63, 3.8) is 0 Å². The number of rotatable bonds is 0. The third kappa shape index (κ3) is 4.53. The maximum Gasteiger partial charge on any atom is 0.471 e. The first-order valence-corrected chi connectivity index (χ1v) is 5.27. The Kier molecular flexibility index (Phi) is 5.68. The average Bonchev–Trinajstić information content (AvgIpc) is 2.20. The van der Waals surface area contributed by atoms with E-state index in [4.69, 9.17) is 0 Å². The predicted octanol–water partition coefficient (Wildman–Crippen LogP) is 2.83. The largest absolute Gasteiger partial charge is 0.471 e. The van der Waals surface area contributed by atoms with E-state index in [0.29, 0.717) is 18.8 Å². The lowest BCUT2D eigenvalue weighted by Gasteiger charge is -2.30. The van der Waals surface area contributed by atoms with Crippen LogP contribution in [0.2, 0.25) is 0 Å². The molecule has 0 spiro atoms. The summed E-state index contributed by atoms with van der Waals surface area (Å²) in [7, 11) is 0. The van der Waals surface area contributed by atoms with Gasteiger partial charge in [0.15, 0.2) is 0 Å². The summed E-state index contributed by atoms with van der Waals surface area (Å²) in [4.78, 5) is 11.6. The van der Waals surface area contributed by atoms with E-state index in [9.17, 15) is 18.0 Å². The van der Waals surface area contributed by atoms with Crippen LogP contribution in [0, 0.1) is 5.92 Å². The topological polar surface area (TPSA) is 20.3 Å². The molecule has 0 saturated carbocycles. The Bertz CT molecular complexity index is 195. The highest BCUT2D eigenvalue weighted by Crippen LogP contribution is 2.23. The summed E-state index contributed by atoms with van der Waals surface area (Å²) in [5.41, 5.74) is 0. The van der Waals surface area contributed by atoms with E-state index in [-0.39, 0.29) is 13.1 Å². The van der Waals surface area contributed by atoms with Crippen molar-refractivity contribution in [2.45, 2.75) is 39.8 Å². The molecule has 1 aliphatic heterocycles. The Hall–Kier alpha value is -0.740. The molecule has 1 fully saturated rings. The number of hydrogen-bond acceptors (Lipinski definition) is 1. The van der Waals surface area contributed by atoms with Gasteiger partial charge in [0.1, 0.15) is 0 Å². The Morgan fingerprint density at radius 1 is 1.20 bits per heavy atom. The zero-order valence-electron chi connectivity index (χ0n) is 9.40. The van der Waals surface area contributed by atoms with Gasteiger partial charge in [0.05, 0.1) is 0 Å². The zero-order chi connectivity index (χ0) is 12.1. The summed E-state index contributed by atoms with van der Waals surface area (Å²) >= 11 is 0. The van der Waals surface area contributed by atoms with Gasteiger partial charge in [-0.15, -0.1) is 0 Å². The molecule has 15 heavy (non-hydrogen) atoms. The number of piperidine rings is 1. The van der Waals surface area contributed by atoms with Gasteiger partial charge in [0.25, 0.3) is 0 Å². The van der Waals surface area contributed by atoms with Crippen molar-refractivity contribution in [2.75, 3.05) is 13.1 Å². The fourth-order valence-electron chi connectivity index (χ4n) is 1.39. The van der Waals surface area contributed by atoms with E-state index in [1.54, 1.807) is 0 Å². The molecule has 90 valence electrons. The fourth-order valence-corrected chi connectivity index (χ4v) is 1.39. The molecular formula is C10H18F3NO. The summed E-state index contributed by atoms with van der Waals surface area (Å²) in [5.74, 6) is -1.27.